The predicted octanol–water partition coefficient (Wildman–Crippen LogP) is 0.913. The van der Waals surface area contributed by atoms with Crippen LogP contribution < -0.4 is 5.73 Å². The summed E-state index contributed by atoms with van der Waals surface area (Å²) in [5, 5.41) is 0. The zero-order valence-electron chi connectivity index (χ0n) is 7.20. The van der Waals surface area contributed by atoms with E-state index in [1.54, 1.807) is 0 Å². The number of hydrogen-bond acceptors (Lipinski definition) is 3. The summed E-state index contributed by atoms with van der Waals surface area (Å²) < 4.78 is 36.1. The van der Waals surface area contributed by atoms with Gasteiger partial charge in [-0.15, -0.1) is 0 Å². The van der Waals surface area contributed by atoms with Crippen LogP contribution >= 0.6 is 0 Å². The fourth-order valence-corrected chi connectivity index (χ4v) is 2.90. The highest BCUT2D eigenvalue weighted by atomic mass is 32.2. The normalized spacial score (nSPS) is 17.7. The van der Waals surface area contributed by atoms with E-state index >= 15 is 0 Å². The summed E-state index contributed by atoms with van der Waals surface area (Å²) in [4.78, 5) is 0.275. The molecule has 5 heteroatoms. The fourth-order valence-electron chi connectivity index (χ4n) is 1.44. The molecule has 74 valence electrons. The Kier molecular flexibility index (Phi) is 1.94. The Morgan fingerprint density at radius 1 is 1.36 bits per heavy atom. The number of halogens is 1. The second-order valence-electron chi connectivity index (χ2n) is 3.00. The highest BCUT2D eigenvalue weighted by molar-refractivity contribution is 7.95. The third-order valence-electron chi connectivity index (χ3n) is 2.12. The zero-order chi connectivity index (χ0) is 10.3. The van der Waals surface area contributed by atoms with Crippen molar-refractivity contribution in [3.8, 4) is 0 Å². The zero-order valence-corrected chi connectivity index (χ0v) is 8.01. The van der Waals surface area contributed by atoms with Gasteiger partial charge in [0.05, 0.1) is 9.80 Å². The van der Waals surface area contributed by atoms with Crippen molar-refractivity contribution < 1.29 is 12.8 Å². The van der Waals surface area contributed by atoms with Crippen LogP contribution in [0.3, 0.4) is 0 Å². The summed E-state index contributed by atoms with van der Waals surface area (Å²) in [5.74, 6) is -0.450. The first-order valence-corrected chi connectivity index (χ1v) is 5.49. The molecule has 0 unspecified atom stereocenters. The molecule has 0 aromatic heterocycles. The fraction of sp³-hybridized carbons (Fsp3) is 0.111. The van der Waals surface area contributed by atoms with E-state index in [0.29, 0.717) is 5.56 Å². The van der Waals surface area contributed by atoms with Gasteiger partial charge in [0, 0.05) is 6.54 Å². The van der Waals surface area contributed by atoms with Gasteiger partial charge in [-0.25, -0.2) is 12.8 Å². The van der Waals surface area contributed by atoms with Crippen molar-refractivity contribution in [2.24, 2.45) is 5.73 Å². The molecular weight excluding hydrogens is 205 g/mol. The summed E-state index contributed by atoms with van der Waals surface area (Å²) in [6.45, 7) is -0.0569. The van der Waals surface area contributed by atoms with Gasteiger partial charge in [0.1, 0.15) is 5.82 Å². The van der Waals surface area contributed by atoms with Crippen molar-refractivity contribution in [3.05, 3.63) is 34.5 Å². The number of benzene rings is 1. The van der Waals surface area contributed by atoms with E-state index in [0.717, 1.165) is 6.07 Å². The van der Waals surface area contributed by atoms with Gasteiger partial charge in [0.2, 0.25) is 9.84 Å². The molecule has 0 fully saturated rings. The molecule has 3 nitrogen and oxygen atoms in total. The van der Waals surface area contributed by atoms with E-state index in [9.17, 15) is 12.8 Å². The van der Waals surface area contributed by atoms with Gasteiger partial charge in [-0.1, -0.05) is 0 Å². The van der Waals surface area contributed by atoms with Crippen LogP contribution in [0, 0.1) is 5.82 Å². The Hall–Kier alpha value is -1.20. The van der Waals surface area contributed by atoms with E-state index < -0.39 is 15.7 Å². The molecule has 1 aliphatic heterocycles. The Labute approximate surface area is 81.0 Å². The van der Waals surface area contributed by atoms with Gasteiger partial charge in [-0.2, -0.15) is 0 Å². The summed E-state index contributed by atoms with van der Waals surface area (Å²) >= 11 is 0. The van der Waals surface area contributed by atoms with Crippen molar-refractivity contribution in [2.45, 2.75) is 4.90 Å². The van der Waals surface area contributed by atoms with Crippen LogP contribution in [-0.4, -0.2) is 15.0 Å². The van der Waals surface area contributed by atoms with Gasteiger partial charge >= 0.3 is 0 Å². The molecule has 0 spiro atoms. The molecular formula is C9H8FNO2S. The van der Waals surface area contributed by atoms with E-state index in [1.807, 2.05) is 0 Å². The van der Waals surface area contributed by atoms with Gasteiger partial charge in [0.25, 0.3) is 0 Å². The predicted molar refractivity (Wildman–Crippen MR) is 50.6 cm³/mol. The molecule has 0 amide bonds. The van der Waals surface area contributed by atoms with Crippen LogP contribution in [0.1, 0.15) is 5.56 Å². The Morgan fingerprint density at radius 3 is 2.71 bits per heavy atom. The first kappa shape index (κ1) is 9.36. The molecule has 1 aromatic rings. The van der Waals surface area contributed by atoms with E-state index in [2.05, 4.69) is 0 Å². The monoisotopic (exact) mass is 213 g/mol. The van der Waals surface area contributed by atoms with Crippen molar-refractivity contribution in [2.75, 3.05) is 6.54 Å². The molecule has 0 saturated heterocycles. The highest BCUT2D eigenvalue weighted by Gasteiger charge is 2.28. The van der Waals surface area contributed by atoms with Crippen molar-refractivity contribution in [1.29, 1.82) is 0 Å². The second-order valence-corrected chi connectivity index (χ2v) is 4.97. The molecule has 2 rings (SSSR count). The molecule has 0 aliphatic carbocycles. The van der Waals surface area contributed by atoms with Gasteiger partial charge in [-0.05, 0) is 29.8 Å². The van der Waals surface area contributed by atoms with Gasteiger partial charge in [-0.3, -0.25) is 0 Å². The maximum absolute atomic E-state index is 12.8. The maximum atomic E-state index is 12.8. The Bertz CT molecular complexity index is 520. The second kappa shape index (κ2) is 2.90. The van der Waals surface area contributed by atoms with Crippen LogP contribution in [0.2, 0.25) is 0 Å². The van der Waals surface area contributed by atoms with Crippen molar-refractivity contribution in [1.82, 2.24) is 0 Å². The molecule has 0 radical (unpaired) electrons. The third kappa shape index (κ3) is 1.17. The summed E-state index contributed by atoms with van der Waals surface area (Å²) in [6.07, 6.45) is 1.41. The Morgan fingerprint density at radius 2 is 2.07 bits per heavy atom. The van der Waals surface area contributed by atoms with Crippen molar-refractivity contribution >= 4 is 15.9 Å². The number of hydrogen-bond donors (Lipinski definition) is 1. The van der Waals surface area contributed by atoms with Crippen LogP contribution in [0.4, 0.5) is 4.39 Å². The molecule has 1 aromatic carbocycles. The minimum atomic E-state index is -3.44. The minimum Gasteiger partial charge on any atom is -0.326 e. The smallest absolute Gasteiger partial charge is 0.204 e. The van der Waals surface area contributed by atoms with Crippen LogP contribution in [0.15, 0.2) is 28.0 Å². The third-order valence-corrected chi connectivity index (χ3v) is 4.05. The van der Waals surface area contributed by atoms with Gasteiger partial charge in [0.15, 0.2) is 0 Å². The van der Waals surface area contributed by atoms with Crippen LogP contribution in [0.5, 0.6) is 0 Å². The minimum absolute atomic E-state index is 0.0569. The lowest BCUT2D eigenvalue weighted by Crippen LogP contribution is -2.10. The number of fused-ring (bicyclic) bond motifs is 1. The SMILES string of the molecule is NCC1=Cc2cc(F)ccc2S1(=O)=O. The highest BCUT2D eigenvalue weighted by Crippen LogP contribution is 2.32. The average Bonchev–Trinajstić information content (AvgIpc) is 2.37. The first-order valence-electron chi connectivity index (χ1n) is 4.01. The molecule has 1 aliphatic rings. The molecule has 14 heavy (non-hydrogen) atoms. The molecule has 1 heterocycles. The summed E-state index contributed by atoms with van der Waals surface area (Å²) in [6, 6.07) is 3.58. The summed E-state index contributed by atoms with van der Waals surface area (Å²) in [7, 11) is -3.44. The quantitative estimate of drug-likeness (QED) is 0.705. The van der Waals surface area contributed by atoms with E-state index in [1.165, 1.54) is 18.2 Å². The van der Waals surface area contributed by atoms with E-state index in [-0.39, 0.29) is 16.3 Å². The standard InChI is InChI=1S/C9H8FNO2S/c10-7-1-2-9-6(3-7)4-8(5-11)14(9,12)13/h1-4H,5,11H2. The molecule has 0 atom stereocenters. The lowest BCUT2D eigenvalue weighted by Gasteiger charge is -1.99. The topological polar surface area (TPSA) is 60.2 Å². The Balaban J connectivity index is 2.71. The lowest BCUT2D eigenvalue weighted by atomic mass is 10.2. The number of nitrogens with two attached hydrogens (primary N) is 1. The number of sulfone groups is 1. The molecule has 2 N–H and O–H groups in total. The van der Waals surface area contributed by atoms with Crippen molar-refractivity contribution in [3.63, 3.8) is 0 Å². The first-order chi connectivity index (χ1) is 6.55. The number of rotatable bonds is 1. The van der Waals surface area contributed by atoms with E-state index in [4.69, 9.17) is 5.73 Å². The molecule has 0 saturated carbocycles. The largest absolute Gasteiger partial charge is 0.326 e. The average molecular weight is 213 g/mol. The van der Waals surface area contributed by atoms with Crippen LogP contribution in [0.25, 0.3) is 6.08 Å². The summed E-state index contributed by atoms with van der Waals surface area (Å²) in [5.41, 5.74) is 5.67. The lowest BCUT2D eigenvalue weighted by molar-refractivity contribution is 0.601. The van der Waals surface area contributed by atoms with Gasteiger partial charge < -0.3 is 5.73 Å². The molecule has 0 bridgehead atoms. The maximum Gasteiger partial charge on any atom is 0.204 e. The van der Waals surface area contributed by atoms with Crippen LogP contribution in [-0.2, 0) is 9.84 Å².